The number of amides is 3. The maximum Gasteiger partial charge on any atom is 0.261 e. The molecule has 1 unspecified atom stereocenters. The minimum absolute atomic E-state index is 0.0397. The molecule has 0 radical (unpaired) electrons. The zero-order valence-corrected chi connectivity index (χ0v) is 17.7. The van der Waals surface area contributed by atoms with Gasteiger partial charge in [0.15, 0.2) is 0 Å². The number of ether oxygens (including phenoxy) is 1. The number of imide groups is 1. The van der Waals surface area contributed by atoms with E-state index in [1.165, 1.54) is 0 Å². The van der Waals surface area contributed by atoms with Crippen LogP contribution in [0.3, 0.4) is 0 Å². The molecule has 7 nitrogen and oxygen atoms in total. The van der Waals surface area contributed by atoms with Crippen LogP contribution < -0.4 is 10.1 Å². The maximum absolute atomic E-state index is 12.4. The fourth-order valence-corrected chi connectivity index (χ4v) is 3.33. The number of nitrogens with one attached hydrogen (secondary N) is 1. The minimum Gasteiger partial charge on any atom is -0.489 e. The second-order valence-corrected chi connectivity index (χ2v) is 7.67. The Morgan fingerprint density at radius 3 is 2.67 bits per heavy atom. The third kappa shape index (κ3) is 4.92. The molecule has 0 bridgehead atoms. The van der Waals surface area contributed by atoms with Crippen LogP contribution in [0.15, 0.2) is 36.4 Å². The molecule has 0 saturated carbocycles. The number of benzene rings is 2. The highest BCUT2D eigenvalue weighted by Gasteiger charge is 2.35. The number of hydrogen-bond donors (Lipinski definition) is 2. The molecule has 0 spiro atoms. The molecule has 3 rings (SSSR count). The van der Waals surface area contributed by atoms with E-state index < -0.39 is 23.8 Å². The summed E-state index contributed by atoms with van der Waals surface area (Å²) in [5, 5.41) is 13.1. The van der Waals surface area contributed by atoms with Gasteiger partial charge in [-0.15, -0.1) is 0 Å². The van der Waals surface area contributed by atoms with Crippen LogP contribution in [0.4, 0.5) is 0 Å². The number of aliphatic hydroxyl groups is 1. The molecule has 1 heterocycles. The summed E-state index contributed by atoms with van der Waals surface area (Å²) in [6.45, 7) is 1.64. The Bertz CT molecular complexity index is 995. The van der Waals surface area contributed by atoms with Gasteiger partial charge in [0.05, 0.1) is 16.1 Å². The Morgan fingerprint density at radius 2 is 1.90 bits per heavy atom. The molecule has 2 aromatic carbocycles. The third-order valence-electron chi connectivity index (χ3n) is 4.57. The summed E-state index contributed by atoms with van der Waals surface area (Å²) in [6.07, 6.45) is -1.05. The van der Waals surface area contributed by atoms with Crippen LogP contribution in [0, 0.1) is 6.92 Å². The van der Waals surface area contributed by atoms with Gasteiger partial charge >= 0.3 is 0 Å². The van der Waals surface area contributed by atoms with Crippen molar-refractivity contribution >= 4 is 40.9 Å². The lowest BCUT2D eigenvalue weighted by atomic mass is 10.1. The molecule has 1 aliphatic rings. The first kappa shape index (κ1) is 22.1. The smallest absolute Gasteiger partial charge is 0.261 e. The second-order valence-electron chi connectivity index (χ2n) is 6.88. The van der Waals surface area contributed by atoms with E-state index in [0.29, 0.717) is 21.9 Å². The number of rotatable bonds is 8. The first-order valence-electron chi connectivity index (χ1n) is 9.26. The molecule has 158 valence electrons. The average Bonchev–Trinajstić information content (AvgIpc) is 2.95. The lowest BCUT2D eigenvalue weighted by molar-refractivity contribution is -0.121. The maximum atomic E-state index is 12.4. The topological polar surface area (TPSA) is 95.9 Å². The number of carbonyl (C=O) groups is 3. The Labute approximate surface area is 183 Å². The van der Waals surface area contributed by atoms with Crippen molar-refractivity contribution in [1.82, 2.24) is 10.2 Å². The molecule has 0 fully saturated rings. The lowest BCUT2D eigenvalue weighted by Crippen LogP contribution is -2.38. The van der Waals surface area contributed by atoms with Gasteiger partial charge in [-0.3, -0.25) is 19.3 Å². The molecule has 0 aliphatic carbocycles. The molecule has 30 heavy (non-hydrogen) atoms. The molecular formula is C21H20Cl2N2O5. The number of aryl methyl sites for hydroxylation is 1. The van der Waals surface area contributed by atoms with Gasteiger partial charge in [0.1, 0.15) is 23.5 Å². The van der Waals surface area contributed by atoms with Crippen molar-refractivity contribution < 1.29 is 24.2 Å². The molecule has 2 N–H and O–H groups in total. The van der Waals surface area contributed by atoms with Crippen molar-refractivity contribution in [3.63, 3.8) is 0 Å². The van der Waals surface area contributed by atoms with Crippen LogP contribution in [-0.2, 0) is 4.79 Å². The van der Waals surface area contributed by atoms with Gasteiger partial charge in [0.25, 0.3) is 11.8 Å². The Morgan fingerprint density at radius 1 is 1.17 bits per heavy atom. The number of halogens is 2. The number of fused-ring (bicyclic) bond motifs is 1. The van der Waals surface area contributed by atoms with E-state index in [9.17, 15) is 19.5 Å². The zero-order valence-electron chi connectivity index (χ0n) is 16.2. The van der Waals surface area contributed by atoms with Crippen LogP contribution >= 0.6 is 23.2 Å². The number of nitrogens with zero attached hydrogens (tertiary/aromatic N) is 1. The molecular weight excluding hydrogens is 431 g/mol. The summed E-state index contributed by atoms with van der Waals surface area (Å²) in [6, 6.07) is 9.94. The molecule has 9 heteroatoms. The number of carbonyl (C=O) groups excluding carboxylic acids is 3. The van der Waals surface area contributed by atoms with Crippen molar-refractivity contribution in [2.45, 2.75) is 19.4 Å². The first-order chi connectivity index (χ1) is 14.3. The fraction of sp³-hybridized carbons (Fsp3) is 0.286. The standard InChI is InChI=1S/C21H20Cl2N2O5/c1-12-5-6-14-15(9-12)21(29)25(20(14)28)8-7-18(27)24-10-13(26)11-30-17-4-2-3-16(22)19(17)23/h2-6,9,13,26H,7-8,10-11H2,1H3,(H,24,27). The fourth-order valence-electron chi connectivity index (χ4n) is 2.98. The molecule has 1 atom stereocenters. The zero-order chi connectivity index (χ0) is 21.8. The van der Waals surface area contributed by atoms with Crippen LogP contribution in [0.25, 0.3) is 0 Å². The normalized spacial score (nSPS) is 13.9. The molecule has 2 aromatic rings. The Hall–Kier alpha value is -2.61. The van der Waals surface area contributed by atoms with Crippen molar-refractivity contribution in [2.24, 2.45) is 0 Å². The molecule has 0 saturated heterocycles. The molecule has 1 aliphatic heterocycles. The van der Waals surface area contributed by atoms with Gasteiger partial charge in [-0.1, -0.05) is 40.9 Å². The van der Waals surface area contributed by atoms with Gasteiger partial charge in [-0.05, 0) is 31.2 Å². The van der Waals surface area contributed by atoms with E-state index >= 15 is 0 Å². The summed E-state index contributed by atoms with van der Waals surface area (Å²) in [4.78, 5) is 37.9. The van der Waals surface area contributed by atoms with Crippen molar-refractivity contribution in [1.29, 1.82) is 0 Å². The predicted molar refractivity (Wildman–Crippen MR) is 112 cm³/mol. The van der Waals surface area contributed by atoms with Gasteiger partial charge in [0.2, 0.25) is 5.91 Å². The minimum atomic E-state index is -0.980. The number of hydrogen-bond acceptors (Lipinski definition) is 5. The SMILES string of the molecule is Cc1ccc2c(c1)C(=O)N(CCC(=O)NCC(O)COc1cccc(Cl)c1Cl)C2=O. The Balaban J connectivity index is 1.43. The second kappa shape index (κ2) is 9.47. The first-order valence-corrected chi connectivity index (χ1v) is 10.0. The van der Waals surface area contributed by atoms with Crippen molar-refractivity contribution in [3.8, 4) is 5.75 Å². The Kier molecular flexibility index (Phi) is 6.97. The summed E-state index contributed by atoms with van der Waals surface area (Å²) < 4.78 is 5.41. The van der Waals surface area contributed by atoms with Gasteiger partial charge in [0, 0.05) is 19.5 Å². The van der Waals surface area contributed by atoms with Crippen LogP contribution in [0.2, 0.25) is 10.0 Å². The lowest BCUT2D eigenvalue weighted by Gasteiger charge is -2.16. The highest BCUT2D eigenvalue weighted by atomic mass is 35.5. The average molecular weight is 451 g/mol. The van der Waals surface area contributed by atoms with Crippen LogP contribution in [0.5, 0.6) is 5.75 Å². The van der Waals surface area contributed by atoms with E-state index in [1.54, 1.807) is 36.4 Å². The van der Waals surface area contributed by atoms with Crippen LogP contribution in [0.1, 0.15) is 32.7 Å². The van der Waals surface area contributed by atoms with E-state index in [1.807, 2.05) is 6.92 Å². The molecule has 0 aromatic heterocycles. The highest BCUT2D eigenvalue weighted by Crippen LogP contribution is 2.31. The summed E-state index contributed by atoms with van der Waals surface area (Å²) in [5.74, 6) is -0.883. The summed E-state index contributed by atoms with van der Waals surface area (Å²) in [5.41, 5.74) is 1.58. The highest BCUT2D eigenvalue weighted by molar-refractivity contribution is 6.42. The monoisotopic (exact) mass is 450 g/mol. The quantitative estimate of drug-likeness (QED) is 0.602. The predicted octanol–water partition coefficient (Wildman–Crippen LogP) is 2.84. The van der Waals surface area contributed by atoms with E-state index in [2.05, 4.69) is 5.32 Å². The van der Waals surface area contributed by atoms with Gasteiger partial charge < -0.3 is 15.2 Å². The van der Waals surface area contributed by atoms with Crippen molar-refractivity contribution in [2.75, 3.05) is 19.7 Å². The van der Waals surface area contributed by atoms with Crippen molar-refractivity contribution in [3.05, 3.63) is 63.1 Å². The summed E-state index contributed by atoms with van der Waals surface area (Å²) >= 11 is 11.9. The summed E-state index contributed by atoms with van der Waals surface area (Å²) in [7, 11) is 0. The van der Waals surface area contributed by atoms with E-state index in [4.69, 9.17) is 27.9 Å². The molecule has 3 amide bonds. The van der Waals surface area contributed by atoms with Gasteiger partial charge in [-0.2, -0.15) is 0 Å². The van der Waals surface area contributed by atoms with E-state index in [0.717, 1.165) is 10.5 Å². The van der Waals surface area contributed by atoms with E-state index in [-0.39, 0.29) is 31.1 Å². The van der Waals surface area contributed by atoms with Gasteiger partial charge in [-0.25, -0.2) is 0 Å². The largest absolute Gasteiger partial charge is 0.489 e. The third-order valence-corrected chi connectivity index (χ3v) is 5.37. The number of aliphatic hydroxyl groups excluding tert-OH is 1. The van der Waals surface area contributed by atoms with Crippen LogP contribution in [-0.4, -0.2) is 53.5 Å².